The van der Waals surface area contributed by atoms with E-state index in [2.05, 4.69) is 65.8 Å². The van der Waals surface area contributed by atoms with Crippen molar-refractivity contribution in [2.45, 2.75) is 80.1 Å². The van der Waals surface area contributed by atoms with E-state index in [1.165, 1.54) is 60.8 Å². The molecule has 0 aliphatic heterocycles. The number of allylic oxidation sites excluding steroid dienone is 8. The average Bonchev–Trinajstić information content (AvgIpc) is 2.38. The predicted octanol–water partition coefficient (Wildman–Crippen LogP) is 7.15. The van der Waals surface area contributed by atoms with E-state index >= 15 is 0 Å². The molecule has 0 fully saturated rings. The zero-order chi connectivity index (χ0) is 15.4. The van der Waals surface area contributed by atoms with Crippen molar-refractivity contribution in [3.63, 3.8) is 0 Å². The molecule has 20 heavy (non-hydrogen) atoms. The van der Waals surface area contributed by atoms with Crippen molar-refractivity contribution in [1.82, 2.24) is 0 Å². The number of rotatable bonds is 9. The van der Waals surface area contributed by atoms with Gasteiger partial charge in [0, 0.05) is 0 Å². The van der Waals surface area contributed by atoms with Gasteiger partial charge in [-0.2, -0.15) is 0 Å². The molecule has 0 radical (unpaired) electrons. The van der Waals surface area contributed by atoms with Crippen molar-refractivity contribution in [2.75, 3.05) is 0 Å². The van der Waals surface area contributed by atoms with E-state index in [4.69, 9.17) is 0 Å². The van der Waals surface area contributed by atoms with Gasteiger partial charge in [-0.25, -0.2) is 0 Å². The van der Waals surface area contributed by atoms with Gasteiger partial charge >= 0.3 is 0 Å². The normalized spacial score (nSPS) is 13.6. The summed E-state index contributed by atoms with van der Waals surface area (Å²) in [6.45, 7) is 13.2. The van der Waals surface area contributed by atoms with Gasteiger partial charge in [0.25, 0.3) is 0 Å². The standard InChI is InChI=1S/C20H34/c1-7-18(4)12-9-14-20(6)16-10-15-19(5)13-8-11-17(2)3/h7,11,14-15H,8-10,12-13,16H2,1-6H3/b18-7+,19-15?,20-14+. The van der Waals surface area contributed by atoms with Gasteiger partial charge in [-0.1, -0.05) is 46.6 Å². The molecule has 0 unspecified atom stereocenters. The largest absolute Gasteiger partial charge is 0.0887 e. The average molecular weight is 274 g/mol. The molecule has 114 valence electrons. The predicted molar refractivity (Wildman–Crippen MR) is 94.1 cm³/mol. The maximum absolute atomic E-state index is 2.41. The molecule has 0 aromatic rings. The zero-order valence-corrected chi connectivity index (χ0v) is 14.6. The van der Waals surface area contributed by atoms with Crippen LogP contribution in [0.25, 0.3) is 0 Å². The van der Waals surface area contributed by atoms with Crippen molar-refractivity contribution in [2.24, 2.45) is 0 Å². The van der Waals surface area contributed by atoms with Gasteiger partial charge in [0.05, 0.1) is 0 Å². The van der Waals surface area contributed by atoms with E-state index in [-0.39, 0.29) is 0 Å². The van der Waals surface area contributed by atoms with Gasteiger partial charge in [0.2, 0.25) is 0 Å². The summed E-state index contributed by atoms with van der Waals surface area (Å²) in [5.41, 5.74) is 5.97. The molecule has 0 aromatic heterocycles. The lowest BCUT2D eigenvalue weighted by Crippen LogP contribution is -1.82. The Morgan fingerprint density at radius 3 is 1.40 bits per heavy atom. The van der Waals surface area contributed by atoms with Crippen molar-refractivity contribution >= 4 is 0 Å². The van der Waals surface area contributed by atoms with E-state index in [0.717, 1.165) is 0 Å². The first kappa shape index (κ1) is 19.0. The van der Waals surface area contributed by atoms with Gasteiger partial charge in [-0.3, -0.25) is 0 Å². The molecular weight excluding hydrogens is 240 g/mol. The molecule has 0 saturated heterocycles. The summed E-state index contributed by atoms with van der Waals surface area (Å²) in [4.78, 5) is 0. The molecule has 0 amide bonds. The van der Waals surface area contributed by atoms with Crippen LogP contribution >= 0.6 is 0 Å². The zero-order valence-electron chi connectivity index (χ0n) is 14.6. The van der Waals surface area contributed by atoms with Crippen LogP contribution in [0.4, 0.5) is 0 Å². The van der Waals surface area contributed by atoms with Gasteiger partial charge in [0.15, 0.2) is 0 Å². The highest BCUT2D eigenvalue weighted by molar-refractivity contribution is 5.06. The molecule has 0 aromatic carbocycles. The van der Waals surface area contributed by atoms with Gasteiger partial charge in [-0.15, -0.1) is 0 Å². The molecular formula is C20H34. The fourth-order valence-corrected chi connectivity index (χ4v) is 2.03. The summed E-state index contributed by atoms with van der Waals surface area (Å²) in [5.74, 6) is 0. The Labute approximate surface area is 127 Å². The van der Waals surface area contributed by atoms with Crippen LogP contribution in [0.15, 0.2) is 46.6 Å². The lowest BCUT2D eigenvalue weighted by molar-refractivity contribution is 0.899. The first-order valence-corrected chi connectivity index (χ1v) is 8.02. The smallest absolute Gasteiger partial charge is 0.0288 e. The lowest BCUT2D eigenvalue weighted by atomic mass is 10.0. The van der Waals surface area contributed by atoms with Crippen LogP contribution < -0.4 is 0 Å². The van der Waals surface area contributed by atoms with E-state index < -0.39 is 0 Å². The summed E-state index contributed by atoms with van der Waals surface area (Å²) in [7, 11) is 0. The fraction of sp³-hybridized carbons (Fsp3) is 0.600. The summed E-state index contributed by atoms with van der Waals surface area (Å²) >= 11 is 0. The minimum Gasteiger partial charge on any atom is -0.0887 e. The number of hydrogen-bond acceptors (Lipinski definition) is 0. The van der Waals surface area contributed by atoms with E-state index in [1.807, 2.05) is 0 Å². The second kappa shape index (κ2) is 11.8. The molecule has 0 aliphatic carbocycles. The van der Waals surface area contributed by atoms with Crippen molar-refractivity contribution in [3.8, 4) is 0 Å². The Kier molecular flexibility index (Phi) is 11.1. The molecule has 0 saturated carbocycles. The molecule has 0 N–H and O–H groups in total. The Bertz CT molecular complexity index is 371. The van der Waals surface area contributed by atoms with Crippen LogP contribution in [0.2, 0.25) is 0 Å². The minimum atomic E-state index is 1.18. The summed E-state index contributed by atoms with van der Waals surface area (Å²) in [6, 6.07) is 0. The van der Waals surface area contributed by atoms with E-state index in [0.29, 0.717) is 0 Å². The molecule has 0 heteroatoms. The van der Waals surface area contributed by atoms with Crippen LogP contribution in [0.5, 0.6) is 0 Å². The maximum Gasteiger partial charge on any atom is -0.0288 e. The van der Waals surface area contributed by atoms with Crippen LogP contribution in [0.1, 0.15) is 80.1 Å². The molecule has 0 bridgehead atoms. The molecule has 0 spiro atoms. The summed E-state index contributed by atoms with van der Waals surface area (Å²) < 4.78 is 0. The minimum absolute atomic E-state index is 1.18. The maximum atomic E-state index is 2.41. The van der Waals surface area contributed by atoms with Crippen molar-refractivity contribution in [3.05, 3.63) is 46.6 Å². The lowest BCUT2D eigenvalue weighted by Gasteiger charge is -2.02. The summed E-state index contributed by atoms with van der Waals surface area (Å²) in [6.07, 6.45) is 16.5. The quantitative estimate of drug-likeness (QED) is 0.391. The first-order valence-electron chi connectivity index (χ1n) is 8.02. The Morgan fingerprint density at radius 1 is 0.600 bits per heavy atom. The topological polar surface area (TPSA) is 0 Å². The van der Waals surface area contributed by atoms with Crippen molar-refractivity contribution in [1.29, 1.82) is 0 Å². The number of hydrogen-bond donors (Lipinski definition) is 0. The van der Waals surface area contributed by atoms with Gasteiger partial charge < -0.3 is 0 Å². The molecule has 0 rings (SSSR count). The Morgan fingerprint density at radius 2 is 1.00 bits per heavy atom. The monoisotopic (exact) mass is 274 g/mol. The summed E-state index contributed by atoms with van der Waals surface area (Å²) in [5, 5.41) is 0. The van der Waals surface area contributed by atoms with Gasteiger partial charge in [0.1, 0.15) is 0 Å². The first-order chi connectivity index (χ1) is 9.45. The molecule has 0 atom stereocenters. The second-order valence-corrected chi connectivity index (χ2v) is 6.13. The van der Waals surface area contributed by atoms with Crippen LogP contribution in [0, 0.1) is 0 Å². The molecule has 0 aliphatic rings. The SMILES string of the molecule is C/C=C(\C)CC/C=C(\C)CCC=C(C)CCC=C(C)C. The van der Waals surface area contributed by atoms with E-state index in [1.54, 1.807) is 0 Å². The highest BCUT2D eigenvalue weighted by Crippen LogP contribution is 2.13. The van der Waals surface area contributed by atoms with Crippen LogP contribution in [-0.2, 0) is 0 Å². The van der Waals surface area contributed by atoms with Crippen LogP contribution in [-0.4, -0.2) is 0 Å². The Hall–Kier alpha value is -1.04. The fourth-order valence-electron chi connectivity index (χ4n) is 2.03. The van der Waals surface area contributed by atoms with E-state index in [9.17, 15) is 0 Å². The van der Waals surface area contributed by atoms with Crippen LogP contribution in [0.3, 0.4) is 0 Å². The third kappa shape index (κ3) is 12.0. The Balaban J connectivity index is 3.91. The molecule has 0 nitrogen and oxygen atoms in total. The molecule has 0 heterocycles. The highest BCUT2D eigenvalue weighted by atomic mass is 14.0. The third-order valence-corrected chi connectivity index (χ3v) is 3.65. The highest BCUT2D eigenvalue weighted by Gasteiger charge is 1.92. The second-order valence-electron chi connectivity index (χ2n) is 6.13. The van der Waals surface area contributed by atoms with Gasteiger partial charge in [-0.05, 0) is 80.1 Å². The van der Waals surface area contributed by atoms with Crippen molar-refractivity contribution < 1.29 is 0 Å². The third-order valence-electron chi connectivity index (χ3n) is 3.65.